The summed E-state index contributed by atoms with van der Waals surface area (Å²) in [5.41, 5.74) is 3.82. The molecule has 2 saturated heterocycles. The largest absolute Gasteiger partial charge is 0.392 e. The SMILES string of the molecule is Cl.NC1C(=O)N2CC(O)(C(=O)OC(c3ccccc3)[N+](=O)[O-])CS[C@H]12. The molecule has 0 radical (unpaired) electrons. The molecule has 4 atom stereocenters. The van der Waals surface area contributed by atoms with Crippen LogP contribution in [0.15, 0.2) is 30.3 Å². The van der Waals surface area contributed by atoms with Crippen LogP contribution in [-0.4, -0.2) is 56.1 Å². The number of aliphatic hydroxyl groups is 1. The quantitative estimate of drug-likeness (QED) is 0.239. The Balaban J connectivity index is 0.00000225. The van der Waals surface area contributed by atoms with Gasteiger partial charge in [0.15, 0.2) is 5.60 Å². The number of hydrogen-bond donors (Lipinski definition) is 2. The first-order valence-electron chi connectivity index (χ1n) is 7.13. The minimum absolute atomic E-state index is 0. The minimum Gasteiger partial charge on any atom is -0.392 e. The number of carbonyl (C=O) groups is 2. The topological polar surface area (TPSA) is 136 Å². The number of fused-ring (bicyclic) bond motifs is 1. The molecule has 2 aliphatic rings. The Morgan fingerprint density at radius 1 is 1.48 bits per heavy atom. The monoisotopic (exact) mass is 389 g/mol. The standard InChI is InChI=1S/C14H15N3O6S.ClH/c15-9-10(18)16-6-14(20,7-24-12(9)16)13(19)23-11(17(21)22)8-4-2-1-3-5-8;/h1-5,9,11-12,20H,6-7,15H2;1H/t9?,11?,12-,14?;/m1./s1. The number of thioether (sulfide) groups is 1. The van der Waals surface area contributed by atoms with Crippen LogP contribution in [0.4, 0.5) is 0 Å². The zero-order valence-electron chi connectivity index (χ0n) is 12.8. The summed E-state index contributed by atoms with van der Waals surface area (Å²) in [7, 11) is 0. The predicted octanol–water partition coefficient (Wildman–Crippen LogP) is -0.0996. The van der Waals surface area contributed by atoms with Gasteiger partial charge in [0.25, 0.3) is 0 Å². The summed E-state index contributed by atoms with van der Waals surface area (Å²) in [5.74, 6) is -1.55. The molecule has 1 aromatic rings. The molecule has 9 nitrogen and oxygen atoms in total. The smallest absolute Gasteiger partial charge is 0.382 e. The number of benzene rings is 1. The highest BCUT2D eigenvalue weighted by Crippen LogP contribution is 2.38. The molecule has 2 aliphatic heterocycles. The van der Waals surface area contributed by atoms with E-state index >= 15 is 0 Å². The molecule has 0 aromatic heterocycles. The summed E-state index contributed by atoms with van der Waals surface area (Å²) < 4.78 is 4.94. The lowest BCUT2D eigenvalue weighted by Crippen LogP contribution is -2.73. The zero-order chi connectivity index (χ0) is 17.5. The molecule has 0 bridgehead atoms. The predicted molar refractivity (Wildman–Crippen MR) is 90.4 cm³/mol. The van der Waals surface area contributed by atoms with Gasteiger partial charge in [-0.2, -0.15) is 0 Å². The van der Waals surface area contributed by atoms with Crippen LogP contribution >= 0.6 is 24.2 Å². The first-order valence-corrected chi connectivity index (χ1v) is 8.18. The van der Waals surface area contributed by atoms with Crippen LogP contribution in [0.2, 0.25) is 0 Å². The highest BCUT2D eigenvalue weighted by atomic mass is 35.5. The number of amides is 1. The number of carbonyl (C=O) groups excluding carboxylic acids is 2. The van der Waals surface area contributed by atoms with E-state index in [0.717, 1.165) is 11.8 Å². The van der Waals surface area contributed by atoms with Crippen molar-refractivity contribution in [1.29, 1.82) is 0 Å². The van der Waals surface area contributed by atoms with Crippen LogP contribution in [-0.2, 0) is 14.3 Å². The van der Waals surface area contributed by atoms with E-state index in [4.69, 9.17) is 10.5 Å². The van der Waals surface area contributed by atoms with Gasteiger partial charge in [0.1, 0.15) is 11.4 Å². The molecule has 3 unspecified atom stereocenters. The molecule has 0 saturated carbocycles. The number of rotatable bonds is 4. The van der Waals surface area contributed by atoms with Crippen molar-refractivity contribution >= 4 is 36.0 Å². The fraction of sp³-hybridized carbons (Fsp3) is 0.429. The fourth-order valence-electron chi connectivity index (χ4n) is 2.65. The average Bonchev–Trinajstić information content (AvgIpc) is 2.59. The molecule has 0 aliphatic carbocycles. The van der Waals surface area contributed by atoms with Gasteiger partial charge in [-0.15, -0.1) is 24.2 Å². The first kappa shape index (κ1) is 19.4. The van der Waals surface area contributed by atoms with Crippen molar-refractivity contribution in [3.05, 3.63) is 46.0 Å². The zero-order valence-corrected chi connectivity index (χ0v) is 14.4. The molecule has 3 N–H and O–H groups in total. The Bertz CT molecular complexity index is 692. The summed E-state index contributed by atoms with van der Waals surface area (Å²) in [5, 5.41) is 21.4. The maximum absolute atomic E-state index is 12.3. The average molecular weight is 390 g/mol. The third kappa shape index (κ3) is 3.43. The molecule has 0 spiro atoms. The second-order valence-electron chi connectivity index (χ2n) is 5.68. The maximum atomic E-state index is 12.3. The minimum atomic E-state index is -2.00. The normalized spacial score (nSPS) is 28.9. The van der Waals surface area contributed by atoms with E-state index in [1.807, 2.05) is 0 Å². The summed E-state index contributed by atoms with van der Waals surface area (Å²) in [6.07, 6.45) is -1.72. The maximum Gasteiger partial charge on any atom is 0.382 e. The van der Waals surface area contributed by atoms with Gasteiger partial charge in [0.2, 0.25) is 5.91 Å². The number of nitrogens with zero attached hydrogens (tertiary/aromatic N) is 2. The van der Waals surface area contributed by atoms with Crippen LogP contribution in [0.25, 0.3) is 0 Å². The lowest BCUT2D eigenvalue weighted by molar-refractivity contribution is -0.576. The van der Waals surface area contributed by atoms with Crippen LogP contribution in [0.1, 0.15) is 11.8 Å². The second-order valence-corrected chi connectivity index (χ2v) is 6.78. The van der Waals surface area contributed by atoms with Gasteiger partial charge in [-0.1, -0.05) is 18.2 Å². The second kappa shape index (κ2) is 7.16. The Morgan fingerprint density at radius 2 is 2.12 bits per heavy atom. The first-order chi connectivity index (χ1) is 11.3. The molecular formula is C14H16ClN3O6S. The van der Waals surface area contributed by atoms with Crippen LogP contribution in [0.5, 0.6) is 0 Å². The molecule has 3 rings (SSSR count). The Labute approximate surface area is 153 Å². The van der Waals surface area contributed by atoms with Crippen molar-refractivity contribution < 1.29 is 24.4 Å². The summed E-state index contributed by atoms with van der Waals surface area (Å²) >= 11 is 1.15. The van der Waals surface area contributed by atoms with Crippen molar-refractivity contribution in [3.63, 3.8) is 0 Å². The molecule has 1 aromatic carbocycles. The van der Waals surface area contributed by atoms with Gasteiger partial charge in [0, 0.05) is 5.75 Å². The summed E-state index contributed by atoms with van der Waals surface area (Å²) in [6.45, 7) is -0.282. The molecule has 1 amide bonds. The third-order valence-corrected chi connectivity index (χ3v) is 5.52. The number of nitro groups is 1. The number of esters is 1. The molecule has 2 fully saturated rings. The lowest BCUT2D eigenvalue weighted by Gasteiger charge is -2.51. The highest BCUT2D eigenvalue weighted by Gasteiger charge is 2.56. The molecule has 11 heteroatoms. The van der Waals surface area contributed by atoms with E-state index in [1.165, 1.54) is 17.0 Å². The van der Waals surface area contributed by atoms with Gasteiger partial charge in [-0.3, -0.25) is 14.9 Å². The van der Waals surface area contributed by atoms with Gasteiger partial charge < -0.3 is 20.5 Å². The lowest BCUT2D eigenvalue weighted by atomic mass is 10.00. The third-order valence-electron chi connectivity index (χ3n) is 3.98. The van der Waals surface area contributed by atoms with Gasteiger partial charge in [0.05, 0.1) is 17.0 Å². The van der Waals surface area contributed by atoms with Crippen molar-refractivity contribution in [2.24, 2.45) is 5.73 Å². The van der Waals surface area contributed by atoms with E-state index < -0.39 is 28.8 Å². The summed E-state index contributed by atoms with van der Waals surface area (Å²) in [4.78, 5) is 35.7. The fourth-order valence-corrected chi connectivity index (χ4v) is 3.99. The molecule has 136 valence electrons. The van der Waals surface area contributed by atoms with E-state index in [0.29, 0.717) is 0 Å². The molecule has 25 heavy (non-hydrogen) atoms. The Kier molecular flexibility index (Phi) is 5.57. The number of β-lactam (4-membered cyclic amide) rings is 1. The van der Waals surface area contributed by atoms with Gasteiger partial charge in [-0.05, 0) is 12.1 Å². The number of hydrogen-bond acceptors (Lipinski definition) is 8. The van der Waals surface area contributed by atoms with Crippen molar-refractivity contribution in [3.8, 4) is 0 Å². The van der Waals surface area contributed by atoms with Crippen molar-refractivity contribution in [2.45, 2.75) is 23.2 Å². The Morgan fingerprint density at radius 3 is 2.72 bits per heavy atom. The van der Waals surface area contributed by atoms with Gasteiger partial charge in [-0.25, -0.2) is 4.79 Å². The van der Waals surface area contributed by atoms with Gasteiger partial charge >= 0.3 is 12.2 Å². The van der Waals surface area contributed by atoms with Crippen LogP contribution in [0.3, 0.4) is 0 Å². The number of nitrogens with two attached hydrogens (primary N) is 1. The van der Waals surface area contributed by atoms with Crippen LogP contribution in [0, 0.1) is 10.1 Å². The Hall–Kier alpha value is -1.88. The van der Waals surface area contributed by atoms with Crippen molar-refractivity contribution in [1.82, 2.24) is 4.90 Å². The van der Waals surface area contributed by atoms with Crippen LogP contribution < -0.4 is 5.73 Å². The van der Waals surface area contributed by atoms with Crippen molar-refractivity contribution in [2.75, 3.05) is 12.3 Å². The number of ether oxygens (including phenoxy) is 1. The summed E-state index contributed by atoms with van der Waals surface area (Å²) in [6, 6.07) is 7.09. The van der Waals surface area contributed by atoms with E-state index in [-0.39, 0.29) is 41.5 Å². The van der Waals surface area contributed by atoms with E-state index in [2.05, 4.69) is 0 Å². The molecular weight excluding hydrogens is 374 g/mol. The highest BCUT2D eigenvalue weighted by molar-refractivity contribution is 8.00. The molecule has 2 heterocycles. The number of halogens is 1. The van der Waals surface area contributed by atoms with E-state index in [1.54, 1.807) is 18.2 Å². The van der Waals surface area contributed by atoms with E-state index in [9.17, 15) is 24.8 Å².